The van der Waals surface area contributed by atoms with Crippen LogP contribution in [0, 0.1) is 0 Å². The van der Waals surface area contributed by atoms with Crippen molar-refractivity contribution in [2.24, 2.45) is 5.73 Å². The summed E-state index contributed by atoms with van der Waals surface area (Å²) in [6.45, 7) is 3.61. The fourth-order valence-electron chi connectivity index (χ4n) is 10.1. The Morgan fingerprint density at radius 2 is 0.632 bits per heavy atom. The normalized spacial score (nSPS) is 13.7. The van der Waals surface area contributed by atoms with Crippen LogP contribution in [0.5, 0.6) is 0 Å². The zero-order chi connectivity index (χ0) is 63.0. The molecular weight excluding hydrogens is 1100 g/mol. The lowest BCUT2D eigenvalue weighted by molar-refractivity contribution is -0.161. The molecule has 0 spiro atoms. The van der Waals surface area contributed by atoms with Crippen molar-refractivity contribution in [3.05, 3.63) is 122 Å². The van der Waals surface area contributed by atoms with Crippen molar-refractivity contribution in [3.8, 4) is 0 Å². The first-order valence-electron chi connectivity index (χ1n) is 36.0. The molecule has 0 rings (SSSR count). The number of phosphoric ester groups is 1. The first-order chi connectivity index (χ1) is 42.8. The van der Waals surface area contributed by atoms with E-state index in [1.165, 1.54) is 193 Å². The third-order valence-electron chi connectivity index (χ3n) is 15.4. The summed E-state index contributed by atoms with van der Waals surface area (Å²) in [6.07, 6.45) is 100. The minimum Gasteiger partial charge on any atom is -0.462 e. The molecule has 2 unspecified atom stereocenters. The second-order valence-corrected chi connectivity index (χ2v) is 25.2. The predicted octanol–water partition coefficient (Wildman–Crippen LogP) is 23.9. The van der Waals surface area contributed by atoms with Gasteiger partial charge in [-0.1, -0.05) is 341 Å². The summed E-state index contributed by atoms with van der Waals surface area (Å²) in [4.78, 5) is 35.3. The smallest absolute Gasteiger partial charge is 0.462 e. The predicted molar refractivity (Wildman–Crippen MR) is 376 cm³/mol. The van der Waals surface area contributed by atoms with Crippen LogP contribution in [0.25, 0.3) is 0 Å². The lowest BCUT2D eigenvalue weighted by Crippen LogP contribution is -2.29. The molecule has 0 fully saturated rings. The van der Waals surface area contributed by atoms with E-state index < -0.39 is 32.5 Å². The lowest BCUT2D eigenvalue weighted by atomic mass is 10.0. The summed E-state index contributed by atoms with van der Waals surface area (Å²) in [7, 11) is -4.41. The van der Waals surface area contributed by atoms with Gasteiger partial charge in [-0.3, -0.25) is 18.6 Å². The fraction of sp³-hybridized carbons (Fsp3) is 0.714. The van der Waals surface area contributed by atoms with E-state index in [9.17, 15) is 19.0 Å². The molecule has 500 valence electrons. The highest BCUT2D eigenvalue weighted by Crippen LogP contribution is 2.43. The maximum Gasteiger partial charge on any atom is 0.472 e. The van der Waals surface area contributed by atoms with E-state index in [0.717, 1.165) is 96.3 Å². The summed E-state index contributed by atoms with van der Waals surface area (Å²) in [6, 6.07) is 0. The SMILES string of the molecule is CC/C=C\C/C=C\C/C=C\C/C=C\C/C=C\C/C=C\C/C=C\C/C=C\C/C=C\C/C=C\CCCCC(=O)OC(COC(=O)CCCCCCCCCCCCCCCCCCCCCCCCCCCCCCCCCCC)COP(=O)(O)OCCN. The van der Waals surface area contributed by atoms with Gasteiger partial charge in [-0.2, -0.15) is 0 Å². The van der Waals surface area contributed by atoms with Crippen LogP contribution in [-0.4, -0.2) is 49.3 Å². The monoisotopic (exact) mass is 1230 g/mol. The number of hydrogen-bond donors (Lipinski definition) is 2. The summed E-state index contributed by atoms with van der Waals surface area (Å²) < 4.78 is 33.1. The number of unbranched alkanes of at least 4 members (excludes halogenated alkanes) is 34. The molecule has 0 heterocycles. The molecule has 10 heteroatoms. The highest BCUT2D eigenvalue weighted by Gasteiger charge is 2.26. The number of phosphoric acid groups is 1. The number of carbonyl (C=O) groups is 2. The van der Waals surface area contributed by atoms with Gasteiger partial charge in [-0.15, -0.1) is 0 Å². The third-order valence-corrected chi connectivity index (χ3v) is 16.3. The number of allylic oxidation sites excluding steroid dienone is 20. The van der Waals surface area contributed by atoms with E-state index in [1.807, 2.05) is 0 Å². The number of rotatable bonds is 67. The molecular formula is C77H134NO8P. The Labute approximate surface area is 536 Å². The Morgan fingerprint density at radius 1 is 0.356 bits per heavy atom. The molecule has 3 N–H and O–H groups in total. The van der Waals surface area contributed by atoms with E-state index >= 15 is 0 Å². The van der Waals surface area contributed by atoms with Crippen LogP contribution in [0.15, 0.2) is 122 Å². The average Bonchev–Trinajstić information content (AvgIpc) is 3.64. The molecule has 9 nitrogen and oxygen atoms in total. The van der Waals surface area contributed by atoms with Gasteiger partial charge in [-0.05, 0) is 89.9 Å². The minimum atomic E-state index is -4.41. The molecule has 0 aliphatic heterocycles. The zero-order valence-electron chi connectivity index (χ0n) is 56.2. The number of ether oxygens (including phenoxy) is 2. The highest BCUT2D eigenvalue weighted by molar-refractivity contribution is 7.47. The van der Waals surface area contributed by atoms with Crippen molar-refractivity contribution >= 4 is 19.8 Å². The molecule has 0 saturated heterocycles. The quantitative estimate of drug-likeness (QED) is 0.0264. The molecule has 0 amide bonds. The van der Waals surface area contributed by atoms with E-state index in [1.54, 1.807) is 0 Å². The van der Waals surface area contributed by atoms with Crippen LogP contribution >= 0.6 is 7.82 Å². The van der Waals surface area contributed by atoms with Crippen LogP contribution in [0.2, 0.25) is 0 Å². The number of nitrogens with two attached hydrogens (primary N) is 1. The van der Waals surface area contributed by atoms with Gasteiger partial charge < -0.3 is 20.1 Å². The van der Waals surface area contributed by atoms with Crippen molar-refractivity contribution in [2.45, 2.75) is 328 Å². The summed E-state index contributed by atoms with van der Waals surface area (Å²) >= 11 is 0. The maximum atomic E-state index is 12.7. The Balaban J connectivity index is 3.96. The standard InChI is InChI=1S/C77H134NO8P/c1-3-5-7-9-11-13-15-17-19-21-23-25-27-29-31-33-35-37-39-41-43-45-47-49-51-53-55-57-59-61-63-65-67-69-76(79)83-73-75(74-85-87(81,82)84-72-71-78)86-77(80)70-68-66-64-62-60-58-56-54-52-50-48-46-44-42-40-38-36-34-32-30-28-26-24-22-20-18-16-14-12-10-8-6-4-2/h6,8,12,14,18,20,24,26,30,32,36,38,42,44,48,50,54,56,60,62,75H,3-5,7,9-11,13,15-17,19,21-23,25,27-29,31,33-35,37,39-41,43,45-47,49,51-53,55,57-59,61,63-74,78H2,1-2H3,(H,81,82)/b8-6-,14-12-,20-18-,26-24-,32-30-,38-36-,44-42-,50-48-,56-54-,62-60-. The van der Waals surface area contributed by atoms with Crippen molar-refractivity contribution in [1.29, 1.82) is 0 Å². The second kappa shape index (κ2) is 71.5. The molecule has 0 aromatic heterocycles. The first-order valence-corrected chi connectivity index (χ1v) is 37.5. The minimum absolute atomic E-state index is 0.0411. The Hall–Kier alpha value is -3.59. The molecule has 0 saturated carbocycles. The van der Waals surface area contributed by atoms with Gasteiger partial charge in [0.2, 0.25) is 0 Å². The van der Waals surface area contributed by atoms with Crippen LogP contribution < -0.4 is 5.73 Å². The third kappa shape index (κ3) is 71.4. The first kappa shape index (κ1) is 83.4. The molecule has 0 aliphatic rings. The number of carbonyl (C=O) groups excluding carboxylic acids is 2. The van der Waals surface area contributed by atoms with E-state index in [2.05, 4.69) is 135 Å². The molecule has 0 aliphatic carbocycles. The number of hydrogen-bond acceptors (Lipinski definition) is 8. The highest BCUT2D eigenvalue weighted by atomic mass is 31.2. The molecule has 87 heavy (non-hydrogen) atoms. The Kier molecular flexibility index (Phi) is 68.5. The van der Waals surface area contributed by atoms with Gasteiger partial charge in [0.15, 0.2) is 6.10 Å². The van der Waals surface area contributed by atoms with Crippen LogP contribution in [-0.2, 0) is 32.7 Å². The van der Waals surface area contributed by atoms with Gasteiger partial charge in [0.1, 0.15) is 6.61 Å². The van der Waals surface area contributed by atoms with Gasteiger partial charge in [-0.25, -0.2) is 4.57 Å². The van der Waals surface area contributed by atoms with Crippen molar-refractivity contribution in [1.82, 2.24) is 0 Å². The Morgan fingerprint density at radius 3 is 0.943 bits per heavy atom. The van der Waals surface area contributed by atoms with E-state index in [4.69, 9.17) is 24.3 Å². The molecule has 0 aromatic carbocycles. The number of esters is 2. The van der Waals surface area contributed by atoms with Crippen LogP contribution in [0.3, 0.4) is 0 Å². The lowest BCUT2D eigenvalue weighted by Gasteiger charge is -2.19. The molecule has 0 bridgehead atoms. The maximum absolute atomic E-state index is 12.7. The summed E-state index contributed by atoms with van der Waals surface area (Å²) in [5.74, 6) is -0.875. The molecule has 2 atom stereocenters. The van der Waals surface area contributed by atoms with Gasteiger partial charge in [0, 0.05) is 19.4 Å². The second-order valence-electron chi connectivity index (χ2n) is 23.7. The average molecular weight is 1230 g/mol. The molecule has 0 aromatic rings. The van der Waals surface area contributed by atoms with Gasteiger partial charge in [0.05, 0.1) is 13.2 Å². The summed E-state index contributed by atoms with van der Waals surface area (Å²) in [5.41, 5.74) is 5.40. The van der Waals surface area contributed by atoms with E-state index in [-0.39, 0.29) is 32.6 Å². The van der Waals surface area contributed by atoms with Crippen molar-refractivity contribution in [3.63, 3.8) is 0 Å². The van der Waals surface area contributed by atoms with Crippen molar-refractivity contribution < 1.29 is 37.6 Å². The Bertz CT molecular complexity index is 1840. The summed E-state index contributed by atoms with van der Waals surface area (Å²) in [5, 5.41) is 0. The molecule has 0 radical (unpaired) electrons. The zero-order valence-corrected chi connectivity index (χ0v) is 57.1. The van der Waals surface area contributed by atoms with Gasteiger partial charge >= 0.3 is 19.8 Å². The van der Waals surface area contributed by atoms with E-state index in [0.29, 0.717) is 6.42 Å². The largest absolute Gasteiger partial charge is 0.472 e. The topological polar surface area (TPSA) is 134 Å². The van der Waals surface area contributed by atoms with Gasteiger partial charge in [0.25, 0.3) is 0 Å². The van der Waals surface area contributed by atoms with Crippen LogP contribution in [0.4, 0.5) is 0 Å². The fourth-order valence-corrected chi connectivity index (χ4v) is 10.8. The van der Waals surface area contributed by atoms with Crippen molar-refractivity contribution in [2.75, 3.05) is 26.4 Å². The van der Waals surface area contributed by atoms with Crippen LogP contribution in [0.1, 0.15) is 322 Å².